The molecule has 2 fully saturated rings. The molecule has 0 nitrogen and oxygen atoms in total. The van der Waals surface area contributed by atoms with Gasteiger partial charge in [0.2, 0.25) is 0 Å². The maximum absolute atomic E-state index is 2.47. The molecule has 2 aliphatic rings. The highest BCUT2D eigenvalue weighted by atomic mass is 14.5. The first-order valence-corrected chi connectivity index (χ1v) is 5.08. The molecule has 0 amide bonds. The van der Waals surface area contributed by atoms with Gasteiger partial charge in [-0.15, -0.1) is 0 Å². The molecule has 0 N–H and O–H groups in total. The van der Waals surface area contributed by atoms with E-state index in [1.807, 2.05) is 0 Å². The van der Waals surface area contributed by atoms with Crippen LogP contribution in [0.2, 0.25) is 0 Å². The van der Waals surface area contributed by atoms with Crippen LogP contribution in [0.25, 0.3) is 0 Å². The van der Waals surface area contributed by atoms with Crippen LogP contribution in [0.1, 0.15) is 46.5 Å². The largest absolute Gasteiger partial charge is 0.0620 e. The van der Waals surface area contributed by atoms with Crippen molar-refractivity contribution in [2.45, 2.75) is 46.5 Å². The zero-order valence-electron chi connectivity index (χ0n) is 8.06. The minimum atomic E-state index is 0.665. The van der Waals surface area contributed by atoms with Gasteiger partial charge in [-0.1, -0.05) is 20.8 Å². The predicted molar refractivity (Wildman–Crippen MR) is 48.4 cm³/mol. The maximum Gasteiger partial charge on any atom is -0.0349 e. The van der Waals surface area contributed by atoms with Crippen LogP contribution < -0.4 is 0 Å². The van der Waals surface area contributed by atoms with E-state index >= 15 is 0 Å². The summed E-state index contributed by atoms with van der Waals surface area (Å²) in [6.45, 7) is 7.37. The van der Waals surface area contributed by atoms with Crippen molar-refractivity contribution in [1.82, 2.24) is 0 Å². The third-order valence-electron chi connectivity index (χ3n) is 4.02. The Hall–Kier alpha value is 0. The van der Waals surface area contributed by atoms with Gasteiger partial charge in [-0.2, -0.15) is 0 Å². The summed E-state index contributed by atoms with van der Waals surface area (Å²) in [7, 11) is 0. The van der Waals surface area contributed by atoms with Crippen molar-refractivity contribution < 1.29 is 0 Å². The van der Waals surface area contributed by atoms with E-state index in [1.165, 1.54) is 25.7 Å². The molecule has 0 saturated heterocycles. The van der Waals surface area contributed by atoms with Gasteiger partial charge in [-0.05, 0) is 48.9 Å². The van der Waals surface area contributed by atoms with Gasteiger partial charge in [0.15, 0.2) is 0 Å². The summed E-state index contributed by atoms with van der Waals surface area (Å²) in [5.41, 5.74) is 0.665. The normalized spacial score (nSPS) is 47.7. The second-order valence-corrected chi connectivity index (χ2v) is 5.53. The molecule has 2 rings (SSSR count). The van der Waals surface area contributed by atoms with Crippen LogP contribution in [-0.2, 0) is 0 Å². The van der Waals surface area contributed by atoms with Gasteiger partial charge >= 0.3 is 0 Å². The monoisotopic (exact) mass is 152 g/mol. The van der Waals surface area contributed by atoms with E-state index in [4.69, 9.17) is 0 Å². The van der Waals surface area contributed by atoms with Crippen LogP contribution in [0.3, 0.4) is 0 Å². The van der Waals surface area contributed by atoms with Crippen molar-refractivity contribution >= 4 is 0 Å². The zero-order valence-corrected chi connectivity index (χ0v) is 8.06. The Bertz CT molecular complexity index is 141. The van der Waals surface area contributed by atoms with Gasteiger partial charge in [-0.25, -0.2) is 0 Å². The molecule has 0 aliphatic heterocycles. The Morgan fingerprint density at radius 1 is 1.00 bits per heavy atom. The van der Waals surface area contributed by atoms with E-state index < -0.39 is 0 Å². The third-order valence-corrected chi connectivity index (χ3v) is 4.02. The van der Waals surface area contributed by atoms with Crippen molar-refractivity contribution in [2.24, 2.45) is 23.2 Å². The average molecular weight is 152 g/mol. The molecule has 2 atom stereocenters. The van der Waals surface area contributed by atoms with Crippen LogP contribution in [0.4, 0.5) is 0 Å². The lowest BCUT2D eigenvalue weighted by atomic mass is 9.67. The maximum atomic E-state index is 2.47. The highest BCUT2D eigenvalue weighted by Gasteiger charge is 2.42. The minimum absolute atomic E-state index is 0.665. The summed E-state index contributed by atoms with van der Waals surface area (Å²) in [6, 6.07) is 0. The molecule has 0 heterocycles. The van der Waals surface area contributed by atoms with Crippen molar-refractivity contribution in [2.75, 3.05) is 0 Å². The molecule has 11 heavy (non-hydrogen) atoms. The van der Waals surface area contributed by atoms with Gasteiger partial charge in [0, 0.05) is 0 Å². The summed E-state index contributed by atoms with van der Waals surface area (Å²) in [5.74, 6) is 3.19. The summed E-state index contributed by atoms with van der Waals surface area (Å²) in [5, 5.41) is 0. The number of rotatable bonds is 0. The molecule has 2 saturated carbocycles. The molecular formula is C11H20. The lowest BCUT2D eigenvalue weighted by Crippen LogP contribution is -2.29. The molecule has 2 unspecified atom stereocenters. The lowest BCUT2D eigenvalue weighted by molar-refractivity contribution is 0.118. The number of fused-ring (bicyclic) bond motifs is 2. The van der Waals surface area contributed by atoms with Crippen LogP contribution in [0.5, 0.6) is 0 Å². The Morgan fingerprint density at radius 2 is 1.45 bits per heavy atom. The topological polar surface area (TPSA) is 0 Å². The van der Waals surface area contributed by atoms with Crippen molar-refractivity contribution in [1.29, 1.82) is 0 Å². The van der Waals surface area contributed by atoms with E-state index in [2.05, 4.69) is 20.8 Å². The second-order valence-electron chi connectivity index (χ2n) is 5.53. The Kier molecular flexibility index (Phi) is 1.56. The number of hydrogen-bond donors (Lipinski definition) is 0. The fourth-order valence-corrected chi connectivity index (χ4v) is 3.42. The van der Waals surface area contributed by atoms with Gasteiger partial charge in [-0.3, -0.25) is 0 Å². The molecule has 0 aromatic rings. The Balaban J connectivity index is 2.14. The van der Waals surface area contributed by atoms with Gasteiger partial charge in [0.25, 0.3) is 0 Å². The molecule has 2 bridgehead atoms. The van der Waals surface area contributed by atoms with Gasteiger partial charge in [0.1, 0.15) is 0 Å². The van der Waals surface area contributed by atoms with E-state index in [1.54, 1.807) is 0 Å². The van der Waals surface area contributed by atoms with E-state index in [-0.39, 0.29) is 0 Å². The lowest BCUT2D eigenvalue weighted by Gasteiger charge is -2.38. The van der Waals surface area contributed by atoms with Crippen LogP contribution in [0.15, 0.2) is 0 Å². The van der Waals surface area contributed by atoms with Crippen LogP contribution >= 0.6 is 0 Å². The van der Waals surface area contributed by atoms with Gasteiger partial charge < -0.3 is 0 Å². The molecule has 0 radical (unpaired) electrons. The molecule has 64 valence electrons. The minimum Gasteiger partial charge on any atom is -0.0620 e. The predicted octanol–water partition coefficient (Wildman–Crippen LogP) is 3.47. The summed E-state index contributed by atoms with van der Waals surface area (Å²) in [6.07, 6.45) is 6.03. The van der Waals surface area contributed by atoms with E-state index in [0.717, 1.165) is 17.8 Å². The van der Waals surface area contributed by atoms with Crippen molar-refractivity contribution in [3.8, 4) is 0 Å². The summed E-state index contributed by atoms with van der Waals surface area (Å²) < 4.78 is 0. The summed E-state index contributed by atoms with van der Waals surface area (Å²) >= 11 is 0. The number of hydrogen-bond acceptors (Lipinski definition) is 0. The smallest absolute Gasteiger partial charge is 0.0349 e. The Labute approximate surface area is 70.4 Å². The second kappa shape index (κ2) is 2.24. The van der Waals surface area contributed by atoms with Crippen molar-refractivity contribution in [3.63, 3.8) is 0 Å². The molecule has 0 heteroatoms. The van der Waals surface area contributed by atoms with Gasteiger partial charge in [0.05, 0.1) is 0 Å². The molecule has 0 aromatic carbocycles. The van der Waals surface area contributed by atoms with E-state index in [9.17, 15) is 0 Å². The van der Waals surface area contributed by atoms with Crippen LogP contribution in [-0.4, -0.2) is 0 Å². The molecule has 0 aromatic heterocycles. The first-order valence-electron chi connectivity index (χ1n) is 5.08. The standard InChI is InChI=1S/C11H20/c1-8-9-4-5-10(8)7-11(2,3)6-9/h8-10H,4-7H2,1-3H3. The molecule has 2 aliphatic carbocycles. The Morgan fingerprint density at radius 3 is 1.91 bits per heavy atom. The molecule has 0 spiro atoms. The summed E-state index contributed by atoms with van der Waals surface area (Å²) in [4.78, 5) is 0. The first kappa shape index (κ1) is 7.64. The first-order chi connectivity index (χ1) is 5.08. The molecular weight excluding hydrogens is 132 g/mol. The quantitative estimate of drug-likeness (QED) is 0.498. The van der Waals surface area contributed by atoms with E-state index in [0.29, 0.717) is 5.41 Å². The highest BCUT2D eigenvalue weighted by molar-refractivity contribution is 4.93. The van der Waals surface area contributed by atoms with Crippen molar-refractivity contribution in [3.05, 3.63) is 0 Å². The highest BCUT2D eigenvalue weighted by Crippen LogP contribution is 2.53. The van der Waals surface area contributed by atoms with Crippen LogP contribution in [0, 0.1) is 23.2 Å². The third kappa shape index (κ3) is 1.21. The fraction of sp³-hybridized carbons (Fsp3) is 1.00. The average Bonchev–Trinajstić information content (AvgIpc) is 2.19. The zero-order chi connectivity index (χ0) is 8.06. The SMILES string of the molecule is CC1C2CCC1CC(C)(C)C2. The fourth-order valence-electron chi connectivity index (χ4n) is 3.42.